The molecule has 3 aromatic rings. The number of rotatable bonds is 4. The van der Waals surface area contributed by atoms with E-state index in [2.05, 4.69) is 20.4 Å². The third-order valence-electron chi connectivity index (χ3n) is 3.23. The molecule has 0 radical (unpaired) electrons. The summed E-state index contributed by atoms with van der Waals surface area (Å²) < 4.78 is 5.19. The smallest absolute Gasteiger partial charge is 0.137 e. The number of fused-ring (bicyclic) bond motifs is 1. The number of nitrogens with two attached hydrogens (primary N) is 1. The number of ether oxygens (including phenoxy) is 1. The number of aromatic nitrogens is 3. The number of pyridine rings is 1. The van der Waals surface area contributed by atoms with Crippen molar-refractivity contribution in [2.45, 2.75) is 6.04 Å². The molecular weight excluding hydrogens is 266 g/mol. The predicted octanol–water partition coefficient (Wildman–Crippen LogP) is 1.59. The Morgan fingerprint density at radius 3 is 2.71 bits per heavy atom. The summed E-state index contributed by atoms with van der Waals surface area (Å²) in [4.78, 5) is 13.2. The summed E-state index contributed by atoms with van der Waals surface area (Å²) in [6, 6.07) is 9.27. The zero-order valence-corrected chi connectivity index (χ0v) is 11.5. The molecule has 0 aliphatic heterocycles. The number of hydrogen-bond donors (Lipinski definition) is 2. The largest absolute Gasteiger partial charge is 0.495 e. The number of benzene rings is 1. The summed E-state index contributed by atoms with van der Waals surface area (Å²) in [7, 11) is 1.60. The molecular formula is C15H15N5O. The lowest BCUT2D eigenvalue weighted by Crippen LogP contribution is -2.29. The van der Waals surface area contributed by atoms with Gasteiger partial charge < -0.3 is 4.74 Å². The van der Waals surface area contributed by atoms with Crippen molar-refractivity contribution in [2.75, 3.05) is 7.11 Å². The minimum absolute atomic E-state index is 0.301. The van der Waals surface area contributed by atoms with E-state index in [9.17, 15) is 0 Å². The topological polar surface area (TPSA) is 86.0 Å². The number of nitrogens with one attached hydrogen (secondary N) is 1. The van der Waals surface area contributed by atoms with E-state index in [-0.39, 0.29) is 6.04 Å². The molecule has 106 valence electrons. The Morgan fingerprint density at radius 2 is 1.95 bits per heavy atom. The van der Waals surface area contributed by atoms with Crippen molar-refractivity contribution in [3.8, 4) is 5.75 Å². The second-order valence-corrected chi connectivity index (χ2v) is 4.54. The van der Waals surface area contributed by atoms with E-state index in [1.54, 1.807) is 25.7 Å². The first-order valence-electron chi connectivity index (χ1n) is 6.48. The van der Waals surface area contributed by atoms with E-state index in [4.69, 9.17) is 10.6 Å². The highest BCUT2D eigenvalue weighted by Gasteiger charge is 2.16. The van der Waals surface area contributed by atoms with Gasteiger partial charge in [0.1, 0.15) is 5.75 Å². The molecule has 21 heavy (non-hydrogen) atoms. The van der Waals surface area contributed by atoms with Crippen LogP contribution < -0.4 is 16.0 Å². The molecule has 0 aliphatic rings. The minimum Gasteiger partial charge on any atom is -0.495 e. The van der Waals surface area contributed by atoms with Gasteiger partial charge in [-0.1, -0.05) is 12.1 Å². The molecule has 1 atom stereocenters. The lowest BCUT2D eigenvalue weighted by atomic mass is 10.1. The van der Waals surface area contributed by atoms with Gasteiger partial charge in [-0.25, -0.2) is 10.4 Å². The van der Waals surface area contributed by atoms with Gasteiger partial charge in [-0.3, -0.25) is 15.8 Å². The molecule has 1 unspecified atom stereocenters. The van der Waals surface area contributed by atoms with Crippen molar-refractivity contribution >= 4 is 11.0 Å². The van der Waals surface area contributed by atoms with Gasteiger partial charge in [0.05, 0.1) is 42.3 Å². The Labute approximate surface area is 122 Å². The standard InChI is InChI=1S/C15H15N5O/c1-21-11-6-10(7-17-8-11)15(20-16)14-9-18-12-4-2-3-5-13(12)19-14/h2-9,15,20H,16H2,1H3. The molecule has 0 spiro atoms. The fourth-order valence-corrected chi connectivity index (χ4v) is 2.17. The molecule has 0 saturated heterocycles. The van der Waals surface area contributed by atoms with E-state index in [1.165, 1.54) is 0 Å². The van der Waals surface area contributed by atoms with Crippen LogP contribution in [-0.4, -0.2) is 22.1 Å². The maximum absolute atomic E-state index is 5.69. The zero-order valence-electron chi connectivity index (χ0n) is 11.5. The summed E-state index contributed by atoms with van der Waals surface area (Å²) in [6.07, 6.45) is 5.08. The van der Waals surface area contributed by atoms with Crippen LogP contribution in [0.15, 0.2) is 48.9 Å². The number of nitrogens with zero attached hydrogens (tertiary/aromatic N) is 3. The maximum atomic E-state index is 5.69. The fourth-order valence-electron chi connectivity index (χ4n) is 2.17. The van der Waals surface area contributed by atoms with Crippen molar-refractivity contribution in [1.82, 2.24) is 20.4 Å². The number of hydrazine groups is 1. The summed E-state index contributed by atoms with van der Waals surface area (Å²) >= 11 is 0. The highest BCUT2D eigenvalue weighted by atomic mass is 16.5. The molecule has 0 aliphatic carbocycles. The van der Waals surface area contributed by atoms with E-state index >= 15 is 0 Å². The molecule has 0 saturated carbocycles. The lowest BCUT2D eigenvalue weighted by Gasteiger charge is -2.16. The van der Waals surface area contributed by atoms with E-state index in [1.807, 2.05) is 30.3 Å². The Kier molecular flexibility index (Phi) is 3.72. The quantitative estimate of drug-likeness (QED) is 0.558. The Balaban J connectivity index is 2.04. The molecule has 0 amide bonds. The van der Waals surface area contributed by atoms with Gasteiger partial charge in [-0.15, -0.1) is 0 Å². The molecule has 6 nitrogen and oxygen atoms in total. The molecule has 0 bridgehead atoms. The summed E-state index contributed by atoms with van der Waals surface area (Å²) in [5.41, 5.74) is 6.02. The summed E-state index contributed by atoms with van der Waals surface area (Å²) in [6.45, 7) is 0. The molecule has 2 aromatic heterocycles. The van der Waals surface area contributed by atoms with Crippen LogP contribution in [0, 0.1) is 0 Å². The van der Waals surface area contributed by atoms with Crippen molar-refractivity contribution in [1.29, 1.82) is 0 Å². The monoisotopic (exact) mass is 281 g/mol. The molecule has 3 rings (SSSR count). The van der Waals surface area contributed by atoms with Gasteiger partial charge >= 0.3 is 0 Å². The van der Waals surface area contributed by atoms with Crippen LogP contribution in [0.25, 0.3) is 11.0 Å². The van der Waals surface area contributed by atoms with Crippen LogP contribution in [0.4, 0.5) is 0 Å². The normalized spacial score (nSPS) is 12.3. The fraction of sp³-hybridized carbons (Fsp3) is 0.133. The van der Waals surface area contributed by atoms with Gasteiger partial charge in [-0.05, 0) is 23.8 Å². The van der Waals surface area contributed by atoms with E-state index < -0.39 is 0 Å². The van der Waals surface area contributed by atoms with Crippen molar-refractivity contribution < 1.29 is 4.74 Å². The number of para-hydroxylation sites is 2. The SMILES string of the molecule is COc1cncc(C(NN)c2cnc3ccccc3n2)c1. The molecule has 2 heterocycles. The van der Waals surface area contributed by atoms with Gasteiger partial charge in [-0.2, -0.15) is 0 Å². The second-order valence-electron chi connectivity index (χ2n) is 4.54. The highest BCUT2D eigenvalue weighted by Crippen LogP contribution is 2.23. The van der Waals surface area contributed by atoms with Crippen LogP contribution in [0.1, 0.15) is 17.3 Å². The summed E-state index contributed by atoms with van der Waals surface area (Å²) in [5.74, 6) is 6.35. The lowest BCUT2D eigenvalue weighted by molar-refractivity contribution is 0.411. The Morgan fingerprint density at radius 1 is 1.14 bits per heavy atom. The van der Waals surface area contributed by atoms with Gasteiger partial charge in [0.25, 0.3) is 0 Å². The van der Waals surface area contributed by atoms with Gasteiger partial charge in [0, 0.05) is 6.20 Å². The Hall–Kier alpha value is -2.57. The first-order chi connectivity index (χ1) is 10.3. The average Bonchev–Trinajstić information content (AvgIpc) is 2.56. The maximum Gasteiger partial charge on any atom is 0.137 e. The van der Waals surface area contributed by atoms with Crippen LogP contribution in [-0.2, 0) is 0 Å². The third-order valence-corrected chi connectivity index (χ3v) is 3.23. The van der Waals surface area contributed by atoms with Crippen LogP contribution in [0.5, 0.6) is 5.75 Å². The molecule has 3 N–H and O–H groups in total. The zero-order chi connectivity index (χ0) is 14.7. The van der Waals surface area contributed by atoms with Crippen LogP contribution in [0.3, 0.4) is 0 Å². The second kappa shape index (κ2) is 5.82. The molecule has 6 heteroatoms. The first-order valence-corrected chi connectivity index (χ1v) is 6.48. The van der Waals surface area contributed by atoms with Crippen LogP contribution >= 0.6 is 0 Å². The van der Waals surface area contributed by atoms with Crippen molar-refractivity contribution in [2.24, 2.45) is 5.84 Å². The first kappa shape index (κ1) is 13.4. The number of methoxy groups -OCH3 is 1. The molecule has 0 fully saturated rings. The highest BCUT2D eigenvalue weighted by molar-refractivity contribution is 5.73. The Bertz CT molecular complexity index is 762. The van der Waals surface area contributed by atoms with Gasteiger partial charge in [0.2, 0.25) is 0 Å². The third kappa shape index (κ3) is 2.67. The van der Waals surface area contributed by atoms with Gasteiger partial charge in [0.15, 0.2) is 0 Å². The van der Waals surface area contributed by atoms with Crippen molar-refractivity contribution in [3.05, 3.63) is 60.2 Å². The minimum atomic E-state index is -0.301. The summed E-state index contributed by atoms with van der Waals surface area (Å²) in [5, 5.41) is 0. The average molecular weight is 281 g/mol. The van der Waals surface area contributed by atoms with Crippen molar-refractivity contribution in [3.63, 3.8) is 0 Å². The van der Waals surface area contributed by atoms with E-state index in [0.29, 0.717) is 5.75 Å². The van der Waals surface area contributed by atoms with E-state index in [0.717, 1.165) is 22.3 Å². The number of hydrogen-bond acceptors (Lipinski definition) is 6. The van der Waals surface area contributed by atoms with Crippen LogP contribution in [0.2, 0.25) is 0 Å². The predicted molar refractivity (Wildman–Crippen MR) is 79.5 cm³/mol. The molecule has 1 aromatic carbocycles.